The number of H-pyrrole nitrogens is 1. The highest BCUT2D eigenvalue weighted by molar-refractivity contribution is 5.82. The zero-order chi connectivity index (χ0) is 25.0. The Hall–Kier alpha value is -3.89. The monoisotopic (exact) mass is 487 g/mol. The first kappa shape index (κ1) is 24.2. The number of aliphatic carboxylic acids is 1. The fraction of sp³-hybridized carbons (Fsp3) is 0.333. The van der Waals surface area contributed by atoms with Crippen LogP contribution in [0.25, 0.3) is 21.9 Å². The van der Waals surface area contributed by atoms with Gasteiger partial charge < -0.3 is 15.4 Å². The van der Waals surface area contributed by atoms with Crippen LogP contribution in [0.15, 0.2) is 54.7 Å². The van der Waals surface area contributed by atoms with Crippen LogP contribution < -0.4 is 5.32 Å². The number of carboxylic acids is 1. The number of rotatable bonds is 4. The highest BCUT2D eigenvalue weighted by Gasteiger charge is 2.38. The predicted octanol–water partition coefficient (Wildman–Crippen LogP) is 4.39. The number of fused-ring (bicyclic) bond motifs is 2. The average molecular weight is 487 g/mol. The second-order valence-electron chi connectivity index (χ2n) is 8.43. The van der Waals surface area contributed by atoms with E-state index in [4.69, 9.17) is 14.9 Å². The van der Waals surface area contributed by atoms with Gasteiger partial charge in [-0.05, 0) is 37.5 Å². The summed E-state index contributed by atoms with van der Waals surface area (Å²) in [4.78, 5) is 29.7. The molecule has 0 aliphatic heterocycles. The largest absolute Gasteiger partial charge is 0.490 e. The topological polar surface area (TPSA) is 113 Å². The number of amides is 1. The molecule has 0 radical (unpaired) electrons. The minimum atomic E-state index is -5.08. The van der Waals surface area contributed by atoms with Gasteiger partial charge in [0.1, 0.15) is 12.4 Å². The molecule has 1 saturated carbocycles. The Balaban J connectivity index is 0.000000364. The number of carbonyl (C=O) groups is 2. The zero-order valence-corrected chi connectivity index (χ0v) is 18.6. The molecule has 3 N–H and O–H groups in total. The second-order valence-corrected chi connectivity index (χ2v) is 8.43. The zero-order valence-electron chi connectivity index (χ0n) is 18.6. The summed E-state index contributed by atoms with van der Waals surface area (Å²) < 4.78 is 33.5. The molecular weight excluding hydrogens is 463 g/mol. The molecule has 4 aromatic rings. The molecule has 2 atom stereocenters. The number of halogens is 3. The van der Waals surface area contributed by atoms with Crippen LogP contribution in [0.3, 0.4) is 0 Å². The lowest BCUT2D eigenvalue weighted by Crippen LogP contribution is -2.39. The number of hydrogen-bond donors (Lipinski definition) is 3. The standard InChI is InChI=1S/C22H23N5O.C2HF3O2/c28-21(14-27-20-11-4-1-6-16(20)13-23-27)24-17-8-5-7-15(12-17)22-25-18-9-2-3-10-19(18)26-22;3-2(4,5)1(6)7/h1-4,6,9-11,13,15,17H,5,7-8,12,14H2,(H,24,28)(H,25,26);(H,6,7). The van der Waals surface area contributed by atoms with E-state index in [1.807, 2.05) is 42.5 Å². The van der Waals surface area contributed by atoms with Crippen LogP contribution in [0, 0.1) is 0 Å². The normalized spacial score (nSPS) is 18.1. The van der Waals surface area contributed by atoms with Crippen LogP contribution in [0.2, 0.25) is 0 Å². The first-order valence-electron chi connectivity index (χ1n) is 11.2. The molecule has 1 amide bonds. The van der Waals surface area contributed by atoms with Gasteiger partial charge in [0.15, 0.2) is 0 Å². The maximum Gasteiger partial charge on any atom is 0.490 e. The Morgan fingerprint density at radius 3 is 2.57 bits per heavy atom. The van der Waals surface area contributed by atoms with Gasteiger partial charge in [-0.3, -0.25) is 9.48 Å². The summed E-state index contributed by atoms with van der Waals surface area (Å²) in [5.41, 5.74) is 3.07. The Morgan fingerprint density at radius 1 is 1.11 bits per heavy atom. The molecule has 2 aromatic carbocycles. The van der Waals surface area contributed by atoms with Crippen LogP contribution in [-0.4, -0.2) is 48.9 Å². The molecule has 0 spiro atoms. The van der Waals surface area contributed by atoms with E-state index in [1.54, 1.807) is 10.9 Å². The first-order valence-corrected chi connectivity index (χ1v) is 11.2. The highest BCUT2D eigenvalue weighted by atomic mass is 19.4. The fourth-order valence-corrected chi connectivity index (χ4v) is 4.30. The number of nitrogens with one attached hydrogen (secondary N) is 2. The molecule has 1 fully saturated rings. The number of alkyl halides is 3. The number of aromatic amines is 1. The van der Waals surface area contributed by atoms with E-state index in [-0.39, 0.29) is 18.5 Å². The van der Waals surface area contributed by atoms with Gasteiger partial charge in [-0.25, -0.2) is 9.78 Å². The number of nitrogens with zero attached hydrogens (tertiary/aromatic N) is 3. The van der Waals surface area contributed by atoms with Gasteiger partial charge in [-0.15, -0.1) is 0 Å². The molecule has 1 aliphatic rings. The molecule has 2 heterocycles. The number of benzene rings is 2. The van der Waals surface area contributed by atoms with Crippen LogP contribution in [0.5, 0.6) is 0 Å². The van der Waals surface area contributed by atoms with Gasteiger partial charge in [-0.2, -0.15) is 18.3 Å². The van der Waals surface area contributed by atoms with Crippen molar-refractivity contribution in [1.82, 2.24) is 25.1 Å². The SMILES string of the molecule is O=C(Cn1ncc2ccccc21)NC1CCCC(c2nc3ccccc3[nH]2)C1.O=C(O)C(F)(F)F. The third-order valence-electron chi connectivity index (χ3n) is 5.92. The Morgan fingerprint density at radius 2 is 1.83 bits per heavy atom. The lowest BCUT2D eigenvalue weighted by Gasteiger charge is -2.28. The van der Waals surface area contributed by atoms with Crippen LogP contribution >= 0.6 is 0 Å². The number of aromatic nitrogens is 4. The quantitative estimate of drug-likeness (QED) is 0.395. The molecule has 0 bridgehead atoms. The summed E-state index contributed by atoms with van der Waals surface area (Å²) in [6, 6.07) is 16.3. The maximum atomic E-state index is 12.6. The highest BCUT2D eigenvalue weighted by Crippen LogP contribution is 2.32. The number of carbonyl (C=O) groups excluding carboxylic acids is 1. The Bertz CT molecular complexity index is 1300. The molecule has 184 valence electrons. The summed E-state index contributed by atoms with van der Waals surface area (Å²) >= 11 is 0. The van der Waals surface area contributed by atoms with Gasteiger partial charge in [0, 0.05) is 17.3 Å². The minimum absolute atomic E-state index is 0.0177. The lowest BCUT2D eigenvalue weighted by molar-refractivity contribution is -0.192. The maximum absolute atomic E-state index is 12.6. The fourth-order valence-electron chi connectivity index (χ4n) is 4.30. The van der Waals surface area contributed by atoms with Crippen molar-refractivity contribution in [3.8, 4) is 0 Å². The van der Waals surface area contributed by atoms with Crippen molar-refractivity contribution in [1.29, 1.82) is 0 Å². The number of imidazole rings is 1. The van der Waals surface area contributed by atoms with Crippen molar-refractivity contribution < 1.29 is 27.9 Å². The third kappa shape index (κ3) is 5.97. The Labute approximate surface area is 198 Å². The van der Waals surface area contributed by atoms with E-state index in [9.17, 15) is 18.0 Å². The van der Waals surface area contributed by atoms with Crippen molar-refractivity contribution in [2.24, 2.45) is 0 Å². The molecule has 0 saturated heterocycles. The summed E-state index contributed by atoms with van der Waals surface area (Å²) in [5, 5.41) is 15.7. The van der Waals surface area contributed by atoms with Gasteiger partial charge in [0.2, 0.25) is 5.91 Å². The first-order chi connectivity index (χ1) is 16.7. The molecular formula is C24H24F3N5O3. The smallest absolute Gasteiger partial charge is 0.475 e. The van der Waals surface area contributed by atoms with Crippen LogP contribution in [0.1, 0.15) is 37.4 Å². The molecule has 2 aromatic heterocycles. The third-order valence-corrected chi connectivity index (χ3v) is 5.92. The molecule has 11 heteroatoms. The number of carboxylic acid groups (broad SMARTS) is 1. The summed E-state index contributed by atoms with van der Waals surface area (Å²) in [6.07, 6.45) is 0.863. The summed E-state index contributed by atoms with van der Waals surface area (Å²) in [6.45, 7) is 0.249. The van der Waals surface area contributed by atoms with Gasteiger partial charge in [0.05, 0.1) is 22.7 Å². The second kappa shape index (κ2) is 10.2. The molecule has 5 rings (SSSR count). The summed E-state index contributed by atoms with van der Waals surface area (Å²) in [7, 11) is 0. The van der Waals surface area contributed by atoms with Crippen molar-refractivity contribution in [2.45, 2.75) is 50.4 Å². The van der Waals surface area contributed by atoms with E-state index in [1.165, 1.54) is 0 Å². The van der Waals surface area contributed by atoms with E-state index >= 15 is 0 Å². The van der Waals surface area contributed by atoms with Gasteiger partial charge in [-0.1, -0.05) is 36.8 Å². The average Bonchev–Trinajstić information content (AvgIpc) is 3.43. The van der Waals surface area contributed by atoms with Crippen molar-refractivity contribution in [3.05, 3.63) is 60.6 Å². The lowest BCUT2D eigenvalue weighted by atomic mass is 9.85. The van der Waals surface area contributed by atoms with Gasteiger partial charge >= 0.3 is 12.1 Å². The van der Waals surface area contributed by atoms with Crippen LogP contribution in [-0.2, 0) is 16.1 Å². The van der Waals surface area contributed by atoms with Crippen molar-refractivity contribution in [3.63, 3.8) is 0 Å². The van der Waals surface area contributed by atoms with E-state index in [2.05, 4.69) is 21.5 Å². The predicted molar refractivity (Wildman–Crippen MR) is 123 cm³/mol. The van der Waals surface area contributed by atoms with Crippen LogP contribution in [0.4, 0.5) is 13.2 Å². The molecule has 35 heavy (non-hydrogen) atoms. The number of hydrogen-bond acceptors (Lipinski definition) is 4. The molecule has 2 unspecified atom stereocenters. The molecule has 1 aliphatic carbocycles. The molecule has 8 nitrogen and oxygen atoms in total. The van der Waals surface area contributed by atoms with E-state index < -0.39 is 12.1 Å². The van der Waals surface area contributed by atoms with Crippen molar-refractivity contribution in [2.75, 3.05) is 0 Å². The Kier molecular flexibility index (Phi) is 7.04. The minimum Gasteiger partial charge on any atom is -0.475 e. The van der Waals surface area contributed by atoms with E-state index in [0.717, 1.165) is 53.4 Å². The summed E-state index contributed by atoms with van der Waals surface area (Å²) in [5.74, 6) is -1.34. The van der Waals surface area contributed by atoms with Crippen molar-refractivity contribution >= 4 is 33.8 Å². The van der Waals surface area contributed by atoms with Gasteiger partial charge in [0.25, 0.3) is 0 Å². The van der Waals surface area contributed by atoms with E-state index in [0.29, 0.717) is 5.92 Å². The number of para-hydroxylation sites is 3.